The van der Waals surface area contributed by atoms with Crippen LogP contribution in [0.1, 0.15) is 25.0 Å². The molecule has 0 saturated carbocycles. The van der Waals surface area contributed by atoms with Crippen LogP contribution in [-0.2, 0) is 4.79 Å². The number of guanidine groups is 1. The van der Waals surface area contributed by atoms with Gasteiger partial charge in [0.05, 0.1) is 43.6 Å². The summed E-state index contributed by atoms with van der Waals surface area (Å²) in [6.07, 6.45) is 5.35. The fourth-order valence-electron chi connectivity index (χ4n) is 4.38. The van der Waals surface area contributed by atoms with Gasteiger partial charge < -0.3 is 14.2 Å². The van der Waals surface area contributed by atoms with Crippen LogP contribution < -0.4 is 14.7 Å². The third-order valence-electron chi connectivity index (χ3n) is 5.84. The number of quaternary nitrogens is 1. The summed E-state index contributed by atoms with van der Waals surface area (Å²) in [7, 11) is 0. The number of rotatable bonds is 5. The summed E-state index contributed by atoms with van der Waals surface area (Å²) in [5.41, 5.74) is 2.22. The third kappa shape index (κ3) is 3.17. The van der Waals surface area contributed by atoms with Gasteiger partial charge in [-0.25, -0.2) is 0 Å². The van der Waals surface area contributed by atoms with E-state index < -0.39 is 4.92 Å². The molecule has 0 radical (unpaired) electrons. The van der Waals surface area contributed by atoms with Crippen molar-refractivity contribution in [2.75, 3.05) is 36.0 Å². The highest BCUT2D eigenvalue weighted by molar-refractivity contribution is 6.31. The number of nitrogens with one attached hydrogen (secondary N) is 1. The number of hydrogen-bond acceptors (Lipinski definition) is 6. The van der Waals surface area contributed by atoms with Gasteiger partial charge in [-0.15, -0.1) is 0 Å². The second-order valence-corrected chi connectivity index (χ2v) is 7.72. The first-order valence-electron chi connectivity index (χ1n) is 10.2. The average Bonchev–Trinajstić information content (AvgIpc) is 3.42. The van der Waals surface area contributed by atoms with Crippen LogP contribution in [0.5, 0.6) is 0 Å². The van der Waals surface area contributed by atoms with Crippen LogP contribution in [0.3, 0.4) is 0 Å². The van der Waals surface area contributed by atoms with E-state index in [1.165, 1.54) is 50.6 Å². The van der Waals surface area contributed by atoms with Crippen molar-refractivity contribution < 1.29 is 19.0 Å². The van der Waals surface area contributed by atoms with Gasteiger partial charge in [-0.1, -0.05) is 12.1 Å². The maximum atomic E-state index is 12.7. The van der Waals surface area contributed by atoms with E-state index in [4.69, 9.17) is 4.42 Å². The van der Waals surface area contributed by atoms with Crippen LogP contribution in [0.2, 0.25) is 0 Å². The molecule has 0 spiro atoms. The Bertz CT molecular complexity index is 1070. The van der Waals surface area contributed by atoms with Crippen molar-refractivity contribution in [3.8, 4) is 0 Å². The van der Waals surface area contributed by atoms with Crippen molar-refractivity contribution in [1.82, 2.24) is 0 Å². The van der Waals surface area contributed by atoms with Crippen LogP contribution >= 0.6 is 0 Å². The zero-order valence-electron chi connectivity index (χ0n) is 16.4. The van der Waals surface area contributed by atoms with E-state index in [9.17, 15) is 14.9 Å². The maximum absolute atomic E-state index is 12.7. The van der Waals surface area contributed by atoms with E-state index >= 15 is 0 Å². The number of anilines is 2. The Morgan fingerprint density at radius 1 is 1.13 bits per heavy atom. The number of nitro groups is 1. The summed E-state index contributed by atoms with van der Waals surface area (Å²) in [5, 5.41) is 10.9. The van der Waals surface area contributed by atoms with Crippen molar-refractivity contribution in [3.63, 3.8) is 0 Å². The number of carbonyl (C=O) groups excluding carboxylic acids is 1. The molecule has 5 rings (SSSR count). The van der Waals surface area contributed by atoms with Gasteiger partial charge in [-0.2, -0.15) is 4.99 Å². The van der Waals surface area contributed by atoms with E-state index in [-0.39, 0.29) is 17.6 Å². The van der Waals surface area contributed by atoms with Crippen LogP contribution in [0, 0.1) is 10.1 Å². The van der Waals surface area contributed by atoms with Crippen molar-refractivity contribution in [3.05, 3.63) is 58.0 Å². The zero-order chi connectivity index (χ0) is 20.7. The normalized spacial score (nSPS) is 19.9. The third-order valence-corrected chi connectivity index (χ3v) is 5.84. The number of fused-ring (bicyclic) bond motifs is 3. The zero-order valence-corrected chi connectivity index (χ0v) is 16.4. The van der Waals surface area contributed by atoms with E-state index in [0.717, 1.165) is 24.5 Å². The monoisotopic (exact) mass is 408 g/mol. The largest absolute Gasteiger partial charge is 0.433 e. The van der Waals surface area contributed by atoms with Gasteiger partial charge in [-0.3, -0.25) is 19.8 Å². The number of piperidine rings is 1. The Morgan fingerprint density at radius 2 is 1.90 bits per heavy atom. The summed E-state index contributed by atoms with van der Waals surface area (Å²) in [4.78, 5) is 32.8. The van der Waals surface area contributed by atoms with Crippen molar-refractivity contribution >= 4 is 35.2 Å². The lowest BCUT2D eigenvalue weighted by Gasteiger charge is -2.26. The summed E-state index contributed by atoms with van der Waals surface area (Å²) < 4.78 is 5.22. The number of benzene rings is 1. The molecule has 0 bridgehead atoms. The fourth-order valence-corrected chi connectivity index (χ4v) is 4.38. The summed E-state index contributed by atoms with van der Waals surface area (Å²) in [6, 6.07) is 10.6. The SMILES string of the molecule is O=C1N=C2N(CC[NH+]3CCCCC3)c3ccccc3N2C1=Cc1ccc([N+](=O)[O-])o1. The highest BCUT2D eigenvalue weighted by Crippen LogP contribution is 2.42. The molecule has 1 N–H and O–H groups in total. The Hall–Kier alpha value is -3.46. The Balaban J connectivity index is 1.45. The van der Waals surface area contributed by atoms with Crippen LogP contribution in [0.25, 0.3) is 6.08 Å². The smallest absolute Gasteiger partial charge is 0.401 e. The Morgan fingerprint density at radius 3 is 2.63 bits per heavy atom. The van der Waals surface area contributed by atoms with Crippen molar-refractivity contribution in [1.29, 1.82) is 0 Å². The first-order chi connectivity index (χ1) is 14.6. The Labute approximate surface area is 173 Å². The number of para-hydroxylation sites is 2. The lowest BCUT2D eigenvalue weighted by molar-refractivity contribution is -0.903. The first-order valence-corrected chi connectivity index (χ1v) is 10.2. The molecule has 0 unspecified atom stereocenters. The predicted molar refractivity (Wildman–Crippen MR) is 111 cm³/mol. The highest BCUT2D eigenvalue weighted by Gasteiger charge is 2.42. The van der Waals surface area contributed by atoms with Crippen LogP contribution in [0.4, 0.5) is 17.3 Å². The number of furan rings is 1. The van der Waals surface area contributed by atoms with Crippen molar-refractivity contribution in [2.45, 2.75) is 19.3 Å². The lowest BCUT2D eigenvalue weighted by Crippen LogP contribution is -3.13. The van der Waals surface area contributed by atoms with E-state index in [0.29, 0.717) is 11.7 Å². The minimum atomic E-state index is -0.601. The molecule has 1 fully saturated rings. The topological polar surface area (TPSA) is 96.6 Å². The second-order valence-electron chi connectivity index (χ2n) is 7.72. The molecule has 4 heterocycles. The number of hydrogen-bond donors (Lipinski definition) is 1. The van der Waals surface area contributed by atoms with Crippen LogP contribution in [0.15, 0.2) is 51.5 Å². The standard InChI is InChI=1S/C21H21N5O4/c27-20-18(14-15-8-9-19(30-15)26(28)29)25-17-7-3-2-6-16(17)24(21(25)22-20)13-12-23-10-4-1-5-11-23/h2-3,6-9,14H,1,4-5,10-13H2/p+1. The summed E-state index contributed by atoms with van der Waals surface area (Å²) in [5.74, 6) is 0.0929. The molecule has 3 aliphatic heterocycles. The minimum Gasteiger partial charge on any atom is -0.401 e. The molecule has 2 aromatic rings. The van der Waals surface area contributed by atoms with E-state index in [1.54, 1.807) is 4.90 Å². The molecule has 30 heavy (non-hydrogen) atoms. The fraction of sp³-hybridized carbons (Fsp3) is 0.333. The highest BCUT2D eigenvalue weighted by atomic mass is 16.6. The molecule has 1 aromatic heterocycles. The van der Waals surface area contributed by atoms with Gasteiger partial charge in [0.1, 0.15) is 16.4 Å². The molecule has 1 saturated heterocycles. The quantitative estimate of drug-likeness (QED) is 0.461. The van der Waals surface area contributed by atoms with Gasteiger partial charge in [0.25, 0.3) is 5.91 Å². The molecular weight excluding hydrogens is 386 g/mol. The molecule has 0 atom stereocenters. The molecule has 9 nitrogen and oxygen atoms in total. The van der Waals surface area contributed by atoms with Gasteiger partial charge in [-0.05, 0) is 37.5 Å². The number of carbonyl (C=O) groups is 1. The number of likely N-dealkylation sites (tertiary alicyclic amines) is 1. The van der Waals surface area contributed by atoms with E-state index in [2.05, 4.69) is 9.89 Å². The average molecular weight is 408 g/mol. The summed E-state index contributed by atoms with van der Waals surface area (Å²) >= 11 is 0. The molecular formula is C21H22N5O4+. The van der Waals surface area contributed by atoms with Gasteiger partial charge >= 0.3 is 5.88 Å². The van der Waals surface area contributed by atoms with E-state index in [1.807, 2.05) is 29.2 Å². The lowest BCUT2D eigenvalue weighted by atomic mass is 10.1. The predicted octanol–water partition coefficient (Wildman–Crippen LogP) is 1.82. The summed E-state index contributed by atoms with van der Waals surface area (Å²) in [6.45, 7) is 4.13. The molecule has 3 aliphatic rings. The molecule has 154 valence electrons. The van der Waals surface area contributed by atoms with Gasteiger partial charge in [0, 0.05) is 6.08 Å². The maximum Gasteiger partial charge on any atom is 0.433 e. The van der Waals surface area contributed by atoms with Gasteiger partial charge in [0.15, 0.2) is 0 Å². The van der Waals surface area contributed by atoms with Gasteiger partial charge in [0.2, 0.25) is 5.96 Å². The number of amides is 1. The molecule has 1 amide bonds. The number of aliphatic imine (C=N–C) groups is 1. The van der Waals surface area contributed by atoms with Crippen molar-refractivity contribution in [2.24, 2.45) is 4.99 Å². The molecule has 1 aromatic carbocycles. The Kier molecular flexibility index (Phi) is 4.59. The molecule has 9 heteroatoms. The first kappa shape index (κ1) is 18.6. The number of nitrogens with zero attached hydrogens (tertiary/aromatic N) is 4. The van der Waals surface area contributed by atoms with Crippen LogP contribution in [-0.4, -0.2) is 43.0 Å². The second kappa shape index (κ2) is 7.42. The molecule has 0 aliphatic carbocycles. The minimum absolute atomic E-state index is 0.246.